The molecule has 0 aromatic heterocycles. The van der Waals surface area contributed by atoms with E-state index in [1.807, 2.05) is 0 Å². The first-order valence-electron chi connectivity index (χ1n) is 10.3. The number of halogens is 3. The molecule has 1 saturated heterocycles. The Morgan fingerprint density at radius 1 is 1.16 bits per heavy atom. The monoisotopic (exact) mass is 450 g/mol. The van der Waals surface area contributed by atoms with Gasteiger partial charge in [0, 0.05) is 19.5 Å². The highest BCUT2D eigenvalue weighted by molar-refractivity contribution is 5.95. The summed E-state index contributed by atoms with van der Waals surface area (Å²) in [5, 5.41) is 9.07. The number of likely N-dealkylation sites (tertiary alicyclic amines) is 1. The van der Waals surface area contributed by atoms with Crippen LogP contribution in [0.2, 0.25) is 0 Å². The summed E-state index contributed by atoms with van der Waals surface area (Å²) in [7, 11) is 0. The van der Waals surface area contributed by atoms with Gasteiger partial charge in [0.15, 0.2) is 6.61 Å². The molecule has 32 heavy (non-hydrogen) atoms. The molecular weight excluding hydrogens is 425 g/mol. The molecule has 1 fully saturated rings. The lowest BCUT2D eigenvalue weighted by molar-refractivity contribution is -0.137. The zero-order chi connectivity index (χ0) is 23.3. The Bertz CT molecular complexity index is 947. The fourth-order valence-corrected chi connectivity index (χ4v) is 3.73. The lowest BCUT2D eigenvalue weighted by Gasteiger charge is -2.31. The molecule has 1 atom stereocenters. The number of alkyl halides is 3. The molecule has 2 aromatic rings. The summed E-state index contributed by atoms with van der Waals surface area (Å²) in [5.41, 5.74) is -0.349. The van der Waals surface area contributed by atoms with Gasteiger partial charge in [0.05, 0.1) is 23.9 Å². The van der Waals surface area contributed by atoms with Gasteiger partial charge in [-0.1, -0.05) is 31.2 Å². The van der Waals surface area contributed by atoms with Crippen molar-refractivity contribution in [1.29, 1.82) is 0 Å². The molecule has 172 valence electrons. The van der Waals surface area contributed by atoms with Crippen LogP contribution in [0.25, 0.3) is 0 Å². The van der Waals surface area contributed by atoms with E-state index in [-0.39, 0.29) is 37.8 Å². The van der Waals surface area contributed by atoms with Crippen molar-refractivity contribution in [3.05, 3.63) is 59.7 Å². The number of carbonyl (C=O) groups is 2. The second kappa shape index (κ2) is 10.0. The number of hydrogen-bond donors (Lipinski definition) is 1. The standard InChI is InChI=1S/C23H25F3N2O4/c1-2-21(30)28(20-6-4-3-5-19(20)23(24,25)26)17-11-12-27(13-17)22(31)15-32-18-9-7-16(14-29)8-10-18/h3-10,17,29H,2,11-15H2,1H3. The minimum Gasteiger partial charge on any atom is -0.484 e. The number of rotatable bonds is 7. The van der Waals surface area contributed by atoms with Gasteiger partial charge in [-0.05, 0) is 36.2 Å². The van der Waals surface area contributed by atoms with Crippen molar-refractivity contribution < 1.29 is 32.6 Å². The highest BCUT2D eigenvalue weighted by Crippen LogP contribution is 2.38. The average molecular weight is 450 g/mol. The van der Waals surface area contributed by atoms with Crippen LogP contribution in [-0.2, 0) is 22.4 Å². The summed E-state index contributed by atoms with van der Waals surface area (Å²) in [4.78, 5) is 27.9. The SMILES string of the molecule is CCC(=O)N(c1ccccc1C(F)(F)F)C1CCN(C(=O)COc2ccc(CO)cc2)C1. The normalized spacial score (nSPS) is 16.2. The summed E-state index contributed by atoms with van der Waals surface area (Å²) in [6.45, 7) is 1.71. The predicted molar refractivity (Wildman–Crippen MR) is 112 cm³/mol. The second-order valence-corrected chi connectivity index (χ2v) is 7.51. The fourth-order valence-electron chi connectivity index (χ4n) is 3.73. The van der Waals surface area contributed by atoms with Gasteiger partial charge >= 0.3 is 6.18 Å². The van der Waals surface area contributed by atoms with Gasteiger partial charge in [-0.15, -0.1) is 0 Å². The maximum atomic E-state index is 13.5. The molecule has 6 nitrogen and oxygen atoms in total. The Morgan fingerprint density at radius 3 is 2.47 bits per heavy atom. The molecule has 1 aliphatic heterocycles. The van der Waals surface area contributed by atoms with E-state index in [4.69, 9.17) is 9.84 Å². The van der Waals surface area contributed by atoms with Gasteiger partial charge in [-0.3, -0.25) is 9.59 Å². The molecule has 1 heterocycles. The second-order valence-electron chi connectivity index (χ2n) is 7.51. The Kier molecular flexibility index (Phi) is 7.40. The molecule has 0 radical (unpaired) electrons. The molecule has 0 saturated carbocycles. The highest BCUT2D eigenvalue weighted by Gasteiger charge is 2.39. The summed E-state index contributed by atoms with van der Waals surface area (Å²) in [6.07, 6.45) is -4.19. The van der Waals surface area contributed by atoms with Crippen LogP contribution in [-0.4, -0.2) is 47.6 Å². The van der Waals surface area contributed by atoms with E-state index in [0.29, 0.717) is 24.3 Å². The zero-order valence-corrected chi connectivity index (χ0v) is 17.6. The van der Waals surface area contributed by atoms with Gasteiger partial charge < -0.3 is 19.6 Å². The topological polar surface area (TPSA) is 70.1 Å². The van der Waals surface area contributed by atoms with Gasteiger partial charge in [0.1, 0.15) is 5.75 Å². The number of aliphatic hydroxyl groups is 1. The van der Waals surface area contributed by atoms with Gasteiger partial charge in [-0.25, -0.2) is 0 Å². The number of amides is 2. The van der Waals surface area contributed by atoms with Crippen LogP contribution in [0, 0.1) is 0 Å². The maximum absolute atomic E-state index is 13.5. The highest BCUT2D eigenvalue weighted by atomic mass is 19.4. The van der Waals surface area contributed by atoms with Crippen molar-refractivity contribution in [2.24, 2.45) is 0 Å². The minimum absolute atomic E-state index is 0.0452. The predicted octanol–water partition coefficient (Wildman–Crippen LogP) is 3.62. The Balaban J connectivity index is 1.71. The van der Waals surface area contributed by atoms with Crippen LogP contribution in [0.1, 0.15) is 30.9 Å². The first-order valence-corrected chi connectivity index (χ1v) is 10.3. The number of nitrogens with zero attached hydrogens (tertiary/aromatic N) is 2. The lowest BCUT2D eigenvalue weighted by Crippen LogP contribution is -2.44. The minimum atomic E-state index is -4.60. The van der Waals surface area contributed by atoms with E-state index in [0.717, 1.165) is 6.07 Å². The van der Waals surface area contributed by atoms with Crippen molar-refractivity contribution in [1.82, 2.24) is 4.90 Å². The van der Waals surface area contributed by atoms with Crippen LogP contribution in [0.3, 0.4) is 0 Å². The van der Waals surface area contributed by atoms with Crippen molar-refractivity contribution in [2.45, 2.75) is 38.6 Å². The smallest absolute Gasteiger partial charge is 0.418 e. The lowest BCUT2D eigenvalue weighted by atomic mass is 10.1. The molecule has 0 spiro atoms. The zero-order valence-electron chi connectivity index (χ0n) is 17.6. The first-order chi connectivity index (χ1) is 15.2. The van der Waals surface area contributed by atoms with Crippen molar-refractivity contribution in [3.63, 3.8) is 0 Å². The van der Waals surface area contributed by atoms with E-state index in [1.165, 1.54) is 28.0 Å². The Hall–Kier alpha value is -3.07. The van der Waals surface area contributed by atoms with E-state index >= 15 is 0 Å². The molecule has 2 aromatic carbocycles. The average Bonchev–Trinajstić information content (AvgIpc) is 3.27. The largest absolute Gasteiger partial charge is 0.484 e. The third-order valence-electron chi connectivity index (χ3n) is 5.39. The summed E-state index contributed by atoms with van der Waals surface area (Å²) in [6, 6.07) is 11.1. The number of anilines is 1. The summed E-state index contributed by atoms with van der Waals surface area (Å²) >= 11 is 0. The summed E-state index contributed by atoms with van der Waals surface area (Å²) < 4.78 is 46.1. The van der Waals surface area contributed by atoms with Gasteiger partial charge in [0.2, 0.25) is 5.91 Å². The number of hydrogen-bond acceptors (Lipinski definition) is 4. The number of benzene rings is 2. The van der Waals surface area contributed by atoms with Crippen LogP contribution < -0.4 is 9.64 Å². The number of carbonyl (C=O) groups excluding carboxylic acids is 2. The van der Waals surface area contributed by atoms with Gasteiger partial charge in [0.25, 0.3) is 5.91 Å². The van der Waals surface area contributed by atoms with Crippen LogP contribution in [0.5, 0.6) is 5.75 Å². The molecular formula is C23H25F3N2O4. The van der Waals surface area contributed by atoms with Crippen LogP contribution in [0.4, 0.5) is 18.9 Å². The van der Waals surface area contributed by atoms with E-state index < -0.39 is 23.7 Å². The van der Waals surface area contributed by atoms with Crippen molar-refractivity contribution >= 4 is 17.5 Å². The van der Waals surface area contributed by atoms with Crippen LogP contribution in [0.15, 0.2) is 48.5 Å². The Morgan fingerprint density at radius 2 is 1.84 bits per heavy atom. The van der Waals surface area contributed by atoms with E-state index in [1.54, 1.807) is 31.2 Å². The molecule has 2 amide bonds. The molecule has 1 unspecified atom stereocenters. The molecule has 0 bridgehead atoms. The fraction of sp³-hybridized carbons (Fsp3) is 0.391. The molecule has 1 aliphatic rings. The third kappa shape index (κ3) is 5.40. The number of aliphatic hydroxyl groups excluding tert-OH is 1. The maximum Gasteiger partial charge on any atom is 0.418 e. The van der Waals surface area contributed by atoms with Gasteiger partial charge in [-0.2, -0.15) is 13.2 Å². The quantitative estimate of drug-likeness (QED) is 0.700. The molecule has 0 aliphatic carbocycles. The summed E-state index contributed by atoms with van der Waals surface area (Å²) in [5.74, 6) is -0.277. The number of ether oxygens (including phenoxy) is 1. The number of para-hydroxylation sites is 1. The molecule has 3 rings (SSSR count). The van der Waals surface area contributed by atoms with Crippen molar-refractivity contribution in [2.75, 3.05) is 24.6 Å². The van der Waals surface area contributed by atoms with E-state index in [2.05, 4.69) is 0 Å². The van der Waals surface area contributed by atoms with E-state index in [9.17, 15) is 22.8 Å². The Labute approximate surface area is 184 Å². The van der Waals surface area contributed by atoms with Crippen molar-refractivity contribution in [3.8, 4) is 5.75 Å². The molecule has 1 N–H and O–H groups in total. The van der Waals surface area contributed by atoms with Crippen LogP contribution >= 0.6 is 0 Å². The molecule has 9 heteroatoms. The third-order valence-corrected chi connectivity index (χ3v) is 5.39. The first kappa shape index (κ1) is 23.6.